The van der Waals surface area contributed by atoms with E-state index in [9.17, 15) is 4.79 Å². The molecular formula is C8H8NO2. The second-order valence-corrected chi connectivity index (χ2v) is 2.13. The number of carbonyl (C=O) groups excluding carboxylic acids is 1. The minimum atomic E-state index is -0.263. The number of aromatic nitrogens is 1. The molecule has 0 saturated carbocycles. The third kappa shape index (κ3) is 2.04. The Morgan fingerprint density at radius 1 is 1.73 bits per heavy atom. The molecule has 57 valence electrons. The van der Waals surface area contributed by atoms with Crippen LogP contribution in [0.2, 0.25) is 0 Å². The van der Waals surface area contributed by atoms with Gasteiger partial charge in [0.15, 0.2) is 0 Å². The summed E-state index contributed by atoms with van der Waals surface area (Å²) in [5.74, 6) is 0. The van der Waals surface area contributed by atoms with E-state index < -0.39 is 0 Å². The fraction of sp³-hybridized carbons (Fsp3) is 0.250. The molecule has 0 aromatic carbocycles. The van der Waals surface area contributed by atoms with E-state index >= 15 is 0 Å². The lowest BCUT2D eigenvalue weighted by Crippen LogP contribution is -1.97. The van der Waals surface area contributed by atoms with Crippen molar-refractivity contribution in [3.63, 3.8) is 0 Å². The van der Waals surface area contributed by atoms with Crippen molar-refractivity contribution < 1.29 is 9.53 Å². The highest BCUT2D eigenvalue weighted by Gasteiger charge is 2.03. The highest BCUT2D eigenvalue weighted by molar-refractivity contribution is 5.39. The molecule has 1 atom stereocenters. The summed E-state index contributed by atoms with van der Waals surface area (Å²) in [6, 6.07) is 3.63. The van der Waals surface area contributed by atoms with Gasteiger partial charge in [0, 0.05) is 18.0 Å². The molecule has 0 fully saturated rings. The normalized spacial score (nSPS) is 12.1. The minimum absolute atomic E-state index is 0.263. The van der Waals surface area contributed by atoms with Crippen LogP contribution in [0.3, 0.4) is 0 Å². The highest BCUT2D eigenvalue weighted by Crippen LogP contribution is 2.12. The molecule has 0 bridgehead atoms. The summed E-state index contributed by atoms with van der Waals surface area (Å²) >= 11 is 0. The molecule has 0 aliphatic carbocycles. The van der Waals surface area contributed by atoms with Gasteiger partial charge in [0.2, 0.25) is 0 Å². The second-order valence-electron chi connectivity index (χ2n) is 2.13. The lowest BCUT2D eigenvalue weighted by Gasteiger charge is -2.06. The van der Waals surface area contributed by atoms with Crippen molar-refractivity contribution in [1.82, 2.24) is 4.98 Å². The molecule has 1 unspecified atom stereocenters. The van der Waals surface area contributed by atoms with Gasteiger partial charge in [0.1, 0.15) is 6.10 Å². The van der Waals surface area contributed by atoms with Gasteiger partial charge in [-0.2, -0.15) is 0 Å². The predicted octanol–water partition coefficient (Wildman–Crippen LogP) is 1.23. The van der Waals surface area contributed by atoms with Gasteiger partial charge in [-0.05, 0) is 13.0 Å². The zero-order valence-electron chi connectivity index (χ0n) is 6.15. The Morgan fingerprint density at radius 3 is 3.09 bits per heavy atom. The van der Waals surface area contributed by atoms with Crippen molar-refractivity contribution in [1.29, 1.82) is 0 Å². The Labute approximate surface area is 65.0 Å². The number of hydrogen-bond acceptors (Lipinski definition) is 3. The quantitative estimate of drug-likeness (QED) is 0.650. The van der Waals surface area contributed by atoms with Crippen molar-refractivity contribution in [2.75, 3.05) is 0 Å². The van der Waals surface area contributed by atoms with Crippen LogP contribution < -0.4 is 0 Å². The number of nitrogens with zero attached hydrogens (tertiary/aromatic N) is 1. The van der Waals surface area contributed by atoms with Gasteiger partial charge in [-0.25, -0.2) is 4.79 Å². The first-order valence-electron chi connectivity index (χ1n) is 3.27. The average Bonchev–Trinajstić information content (AvgIpc) is 2.07. The van der Waals surface area contributed by atoms with Crippen molar-refractivity contribution in [2.45, 2.75) is 13.0 Å². The molecule has 11 heavy (non-hydrogen) atoms. The summed E-state index contributed by atoms with van der Waals surface area (Å²) in [5, 5.41) is 0. The van der Waals surface area contributed by atoms with Crippen LogP contribution in [0, 0.1) is 0 Å². The molecule has 0 amide bonds. The lowest BCUT2D eigenvalue weighted by atomic mass is 10.2. The first-order chi connectivity index (χ1) is 5.34. The van der Waals surface area contributed by atoms with Crippen LogP contribution in [0.4, 0.5) is 0 Å². The maximum atomic E-state index is 9.82. The largest absolute Gasteiger partial charge is 0.449 e. The van der Waals surface area contributed by atoms with Crippen molar-refractivity contribution in [3.05, 3.63) is 30.1 Å². The maximum Gasteiger partial charge on any atom is 0.418 e. The van der Waals surface area contributed by atoms with Crippen molar-refractivity contribution in [2.24, 2.45) is 0 Å². The summed E-state index contributed by atoms with van der Waals surface area (Å²) < 4.78 is 4.58. The first kappa shape index (κ1) is 7.72. The maximum absolute atomic E-state index is 9.82. The van der Waals surface area contributed by atoms with E-state index in [1.54, 1.807) is 25.4 Å². The van der Waals surface area contributed by atoms with Gasteiger partial charge >= 0.3 is 6.47 Å². The molecule has 3 heteroatoms. The third-order valence-electron chi connectivity index (χ3n) is 1.38. The molecule has 0 saturated heterocycles. The molecular weight excluding hydrogens is 142 g/mol. The van der Waals surface area contributed by atoms with Gasteiger partial charge in [-0.15, -0.1) is 0 Å². The Balaban J connectivity index is 2.68. The minimum Gasteiger partial charge on any atom is -0.449 e. The van der Waals surface area contributed by atoms with Crippen LogP contribution in [-0.2, 0) is 9.53 Å². The number of rotatable bonds is 3. The SMILES string of the molecule is CC(O[C]=O)c1cccnc1. The van der Waals surface area contributed by atoms with Crippen LogP contribution in [0.25, 0.3) is 0 Å². The fourth-order valence-electron chi connectivity index (χ4n) is 0.757. The fourth-order valence-corrected chi connectivity index (χ4v) is 0.757. The summed E-state index contributed by atoms with van der Waals surface area (Å²) in [7, 11) is 0. The number of hydrogen-bond donors (Lipinski definition) is 0. The monoisotopic (exact) mass is 150 g/mol. The molecule has 1 radical (unpaired) electrons. The summed E-state index contributed by atoms with van der Waals surface area (Å²) in [6.45, 7) is 3.15. The Kier molecular flexibility index (Phi) is 2.60. The molecule has 0 aliphatic heterocycles. The number of pyridine rings is 1. The van der Waals surface area contributed by atoms with Crippen molar-refractivity contribution >= 4 is 6.47 Å². The van der Waals surface area contributed by atoms with E-state index in [0.717, 1.165) is 5.56 Å². The summed E-state index contributed by atoms with van der Waals surface area (Å²) in [6.07, 6.45) is 3.06. The van der Waals surface area contributed by atoms with Gasteiger partial charge in [0.25, 0.3) is 0 Å². The van der Waals surface area contributed by atoms with E-state index in [2.05, 4.69) is 9.72 Å². The molecule has 3 nitrogen and oxygen atoms in total. The second kappa shape index (κ2) is 3.71. The molecule has 1 rings (SSSR count). The van der Waals surface area contributed by atoms with Gasteiger partial charge in [0.05, 0.1) is 0 Å². The Morgan fingerprint density at radius 2 is 2.55 bits per heavy atom. The van der Waals surface area contributed by atoms with E-state index in [0.29, 0.717) is 0 Å². The van der Waals surface area contributed by atoms with Crippen LogP contribution in [0.1, 0.15) is 18.6 Å². The van der Waals surface area contributed by atoms with Crippen molar-refractivity contribution in [3.8, 4) is 0 Å². The third-order valence-corrected chi connectivity index (χ3v) is 1.38. The van der Waals surface area contributed by atoms with E-state index in [1.807, 2.05) is 6.07 Å². The predicted molar refractivity (Wildman–Crippen MR) is 39.4 cm³/mol. The van der Waals surface area contributed by atoms with Crippen LogP contribution >= 0.6 is 0 Å². The molecule has 1 heterocycles. The van der Waals surface area contributed by atoms with Gasteiger partial charge in [-0.3, -0.25) is 4.98 Å². The lowest BCUT2D eigenvalue weighted by molar-refractivity contribution is 0.197. The highest BCUT2D eigenvalue weighted by atomic mass is 16.5. The summed E-state index contributed by atoms with van der Waals surface area (Å²) in [5.41, 5.74) is 0.871. The van der Waals surface area contributed by atoms with E-state index in [4.69, 9.17) is 0 Å². The van der Waals surface area contributed by atoms with E-state index in [1.165, 1.54) is 6.47 Å². The van der Waals surface area contributed by atoms with E-state index in [-0.39, 0.29) is 6.10 Å². The van der Waals surface area contributed by atoms with Gasteiger partial charge < -0.3 is 4.74 Å². The van der Waals surface area contributed by atoms with Crippen LogP contribution in [0.15, 0.2) is 24.5 Å². The molecule has 0 aliphatic rings. The zero-order chi connectivity index (χ0) is 8.10. The molecule has 0 N–H and O–H groups in total. The van der Waals surface area contributed by atoms with Gasteiger partial charge in [-0.1, -0.05) is 6.07 Å². The molecule has 1 aromatic rings. The molecule has 1 aromatic heterocycles. The molecule has 0 spiro atoms. The standard InChI is InChI=1S/C8H8NO2/c1-7(11-6-10)8-3-2-4-9-5-8/h2-5,7H,1H3. The summed E-state index contributed by atoms with van der Waals surface area (Å²) in [4.78, 5) is 13.7. The smallest absolute Gasteiger partial charge is 0.418 e. The first-order valence-corrected chi connectivity index (χ1v) is 3.27. The Bertz CT molecular complexity index is 223. The Hall–Kier alpha value is -1.38. The number of ether oxygens (including phenoxy) is 1. The van der Waals surface area contributed by atoms with Crippen LogP contribution in [-0.4, -0.2) is 11.5 Å². The average molecular weight is 150 g/mol. The topological polar surface area (TPSA) is 39.2 Å². The van der Waals surface area contributed by atoms with Crippen LogP contribution in [0.5, 0.6) is 0 Å². The zero-order valence-corrected chi connectivity index (χ0v) is 6.15.